The number of aliphatic imine (C=N–C) groups is 1. The number of nitrogens with zero attached hydrogens (tertiary/aromatic N) is 3. The second-order valence-corrected chi connectivity index (χ2v) is 6.24. The molecule has 1 heterocycles. The predicted molar refractivity (Wildman–Crippen MR) is 116 cm³/mol. The zero-order valence-corrected chi connectivity index (χ0v) is 16.8. The summed E-state index contributed by atoms with van der Waals surface area (Å²) in [5, 5.41) is 7.50. The summed E-state index contributed by atoms with van der Waals surface area (Å²) in [6.45, 7) is 0.500. The molecular weight excluding hydrogens is 437 g/mol. The van der Waals surface area contributed by atoms with Gasteiger partial charge in [0.05, 0.1) is 12.2 Å². The Morgan fingerprint density at radius 1 is 1.12 bits per heavy atom. The Hall–Kier alpha value is -2.35. The van der Waals surface area contributed by atoms with Gasteiger partial charge in [-0.25, -0.2) is 9.67 Å². The van der Waals surface area contributed by atoms with Gasteiger partial charge in [-0.3, -0.25) is 0 Å². The highest BCUT2D eigenvalue weighted by Crippen LogP contribution is 2.24. The van der Waals surface area contributed by atoms with Crippen LogP contribution in [-0.4, -0.2) is 15.7 Å². The number of aromatic nitrogens is 2. The van der Waals surface area contributed by atoms with Crippen LogP contribution in [0.5, 0.6) is 0 Å². The highest BCUT2D eigenvalue weighted by molar-refractivity contribution is 14.0. The third-order valence-corrected chi connectivity index (χ3v) is 4.53. The molecule has 6 heteroatoms. The first-order valence-electron chi connectivity index (χ1n) is 8.56. The van der Waals surface area contributed by atoms with Crippen LogP contribution in [0.3, 0.4) is 0 Å². The van der Waals surface area contributed by atoms with Crippen LogP contribution < -0.4 is 11.1 Å². The lowest BCUT2D eigenvalue weighted by atomic mass is 10.1. The molecule has 134 valence electrons. The third-order valence-electron chi connectivity index (χ3n) is 4.53. The van der Waals surface area contributed by atoms with Crippen LogP contribution in [0.25, 0.3) is 5.69 Å². The van der Waals surface area contributed by atoms with Crippen LogP contribution in [0.2, 0.25) is 0 Å². The molecule has 1 aliphatic carbocycles. The first kappa shape index (κ1) is 18.4. The molecule has 0 saturated carbocycles. The van der Waals surface area contributed by atoms with Crippen molar-refractivity contribution in [1.29, 1.82) is 0 Å². The van der Waals surface area contributed by atoms with Gasteiger partial charge >= 0.3 is 0 Å². The molecule has 3 N–H and O–H groups in total. The molecule has 0 atom stereocenters. The zero-order valence-electron chi connectivity index (χ0n) is 14.4. The number of aryl methyl sites for hydroxylation is 2. The lowest BCUT2D eigenvalue weighted by molar-refractivity contribution is 0.858. The largest absolute Gasteiger partial charge is 0.370 e. The molecule has 0 saturated heterocycles. The van der Waals surface area contributed by atoms with E-state index in [-0.39, 0.29) is 24.0 Å². The van der Waals surface area contributed by atoms with Gasteiger partial charge in [-0.15, -0.1) is 24.0 Å². The highest BCUT2D eigenvalue weighted by Gasteiger charge is 2.11. The zero-order chi connectivity index (χ0) is 17.1. The minimum absolute atomic E-state index is 0. The van der Waals surface area contributed by atoms with Gasteiger partial charge in [-0.1, -0.05) is 24.3 Å². The van der Waals surface area contributed by atoms with E-state index in [4.69, 9.17) is 5.73 Å². The SMILES string of the molecule is I.NC(=NCc1ccccc1-n1cccn1)Nc1ccc2c(c1)CCC2. The predicted octanol–water partition coefficient (Wildman–Crippen LogP) is 3.91. The van der Waals surface area contributed by atoms with Gasteiger partial charge in [0, 0.05) is 18.1 Å². The Morgan fingerprint density at radius 3 is 2.81 bits per heavy atom. The normalized spacial score (nSPS) is 13.2. The number of benzene rings is 2. The Balaban J connectivity index is 0.00000196. The number of nitrogens with one attached hydrogen (secondary N) is 1. The van der Waals surface area contributed by atoms with Gasteiger partial charge in [0.1, 0.15) is 0 Å². The molecule has 5 nitrogen and oxygen atoms in total. The average Bonchev–Trinajstić information content (AvgIpc) is 3.31. The minimum atomic E-state index is 0. The summed E-state index contributed by atoms with van der Waals surface area (Å²) in [5.41, 5.74) is 12.0. The number of nitrogens with two attached hydrogens (primary N) is 1. The Morgan fingerprint density at radius 2 is 1.96 bits per heavy atom. The van der Waals surface area contributed by atoms with Crippen LogP contribution in [0.15, 0.2) is 65.9 Å². The van der Waals surface area contributed by atoms with Crippen molar-refractivity contribution in [2.45, 2.75) is 25.8 Å². The standard InChI is InChI=1S/C20H21N5.HI/c21-20(24-18-10-9-15-6-3-7-16(15)13-18)22-14-17-5-1-2-8-19(17)25-12-4-11-23-25;/h1-2,4-5,8-13H,3,6-7,14H2,(H3,21,22,24);1H. The number of guanidine groups is 1. The fourth-order valence-electron chi connectivity index (χ4n) is 3.29. The summed E-state index contributed by atoms with van der Waals surface area (Å²) >= 11 is 0. The number of hydrogen-bond donors (Lipinski definition) is 2. The molecule has 26 heavy (non-hydrogen) atoms. The van der Waals surface area contributed by atoms with E-state index in [1.165, 1.54) is 24.0 Å². The molecule has 0 radical (unpaired) electrons. The van der Waals surface area contributed by atoms with Crippen molar-refractivity contribution in [2.24, 2.45) is 10.7 Å². The lowest BCUT2D eigenvalue weighted by Gasteiger charge is -2.10. The van der Waals surface area contributed by atoms with E-state index in [2.05, 4.69) is 33.6 Å². The van der Waals surface area contributed by atoms with Crippen molar-refractivity contribution < 1.29 is 0 Å². The van der Waals surface area contributed by atoms with Crippen molar-refractivity contribution in [3.63, 3.8) is 0 Å². The van der Waals surface area contributed by atoms with Crippen LogP contribution in [0, 0.1) is 0 Å². The monoisotopic (exact) mass is 459 g/mol. The second-order valence-electron chi connectivity index (χ2n) is 6.24. The molecule has 0 amide bonds. The maximum atomic E-state index is 6.08. The summed E-state index contributed by atoms with van der Waals surface area (Å²) in [6, 6.07) is 16.4. The minimum Gasteiger partial charge on any atom is -0.370 e. The van der Waals surface area contributed by atoms with Gasteiger partial charge in [-0.2, -0.15) is 5.10 Å². The van der Waals surface area contributed by atoms with E-state index in [0.717, 1.165) is 23.4 Å². The number of para-hydroxylation sites is 1. The highest BCUT2D eigenvalue weighted by atomic mass is 127. The fourth-order valence-corrected chi connectivity index (χ4v) is 3.29. The topological polar surface area (TPSA) is 68.2 Å². The molecule has 0 unspecified atom stereocenters. The van der Waals surface area contributed by atoms with E-state index < -0.39 is 0 Å². The van der Waals surface area contributed by atoms with Gasteiger partial charge in [0.2, 0.25) is 0 Å². The van der Waals surface area contributed by atoms with E-state index in [1.54, 1.807) is 6.20 Å². The molecule has 4 rings (SSSR count). The maximum Gasteiger partial charge on any atom is 0.193 e. The smallest absolute Gasteiger partial charge is 0.193 e. The molecule has 1 aliphatic rings. The van der Waals surface area contributed by atoms with Crippen molar-refractivity contribution in [3.05, 3.63) is 77.6 Å². The summed E-state index contributed by atoms with van der Waals surface area (Å²) in [4.78, 5) is 4.50. The lowest BCUT2D eigenvalue weighted by Crippen LogP contribution is -2.22. The van der Waals surface area contributed by atoms with Crippen molar-refractivity contribution in [3.8, 4) is 5.69 Å². The summed E-state index contributed by atoms with van der Waals surface area (Å²) < 4.78 is 1.84. The van der Waals surface area contributed by atoms with Crippen molar-refractivity contribution in [1.82, 2.24) is 9.78 Å². The van der Waals surface area contributed by atoms with E-state index >= 15 is 0 Å². The van der Waals surface area contributed by atoms with Gasteiger partial charge < -0.3 is 11.1 Å². The molecule has 3 aromatic rings. The van der Waals surface area contributed by atoms with Crippen molar-refractivity contribution in [2.75, 3.05) is 5.32 Å². The first-order chi connectivity index (χ1) is 12.3. The van der Waals surface area contributed by atoms with Gasteiger partial charge in [0.25, 0.3) is 0 Å². The molecule has 2 aromatic carbocycles. The number of anilines is 1. The van der Waals surface area contributed by atoms with Crippen LogP contribution in [0.1, 0.15) is 23.1 Å². The Bertz CT molecular complexity index is 902. The number of fused-ring (bicyclic) bond motifs is 1. The van der Waals surface area contributed by atoms with E-state index in [1.807, 2.05) is 41.2 Å². The number of rotatable bonds is 4. The summed E-state index contributed by atoms with van der Waals surface area (Å²) in [7, 11) is 0. The number of hydrogen-bond acceptors (Lipinski definition) is 2. The van der Waals surface area contributed by atoms with Gasteiger partial charge in [0.15, 0.2) is 5.96 Å². The second kappa shape index (κ2) is 8.35. The van der Waals surface area contributed by atoms with Gasteiger partial charge in [-0.05, 0) is 60.2 Å². The summed E-state index contributed by atoms with van der Waals surface area (Å²) in [5.74, 6) is 0.424. The average molecular weight is 459 g/mol. The first-order valence-corrected chi connectivity index (χ1v) is 8.56. The van der Waals surface area contributed by atoms with E-state index in [9.17, 15) is 0 Å². The molecule has 0 aliphatic heterocycles. The number of halogens is 1. The Labute approximate surface area is 170 Å². The molecule has 0 bridgehead atoms. The maximum absolute atomic E-state index is 6.08. The van der Waals surface area contributed by atoms with Crippen molar-refractivity contribution >= 4 is 35.6 Å². The summed E-state index contributed by atoms with van der Waals surface area (Å²) in [6.07, 6.45) is 7.27. The van der Waals surface area contributed by atoms with E-state index in [0.29, 0.717) is 12.5 Å². The molecule has 1 aromatic heterocycles. The van der Waals surface area contributed by atoms with Crippen LogP contribution in [-0.2, 0) is 19.4 Å². The Kier molecular flexibility index (Phi) is 5.92. The van der Waals surface area contributed by atoms with Crippen LogP contribution >= 0.6 is 24.0 Å². The molecular formula is C20H22IN5. The van der Waals surface area contributed by atoms with Crippen LogP contribution in [0.4, 0.5) is 5.69 Å². The third kappa shape index (κ3) is 4.07. The molecule has 0 spiro atoms. The quantitative estimate of drug-likeness (QED) is 0.353. The fraction of sp³-hybridized carbons (Fsp3) is 0.200. The molecule has 0 fully saturated rings.